The number of benzene rings is 1. The zero-order valence-electron chi connectivity index (χ0n) is 10.5. The lowest BCUT2D eigenvalue weighted by atomic mass is 10.1. The van der Waals surface area contributed by atoms with Gasteiger partial charge in [0.25, 0.3) is 11.6 Å². The summed E-state index contributed by atoms with van der Waals surface area (Å²) in [6, 6.07) is 4.25. The zero-order chi connectivity index (χ0) is 13.7. The highest BCUT2D eigenvalue weighted by atomic mass is 16.6. The second-order valence-electron chi connectivity index (χ2n) is 4.13. The van der Waals surface area contributed by atoms with Crippen LogP contribution in [0.5, 0.6) is 0 Å². The van der Waals surface area contributed by atoms with E-state index >= 15 is 0 Å². The van der Waals surface area contributed by atoms with Crippen molar-refractivity contribution in [3.8, 4) is 0 Å². The van der Waals surface area contributed by atoms with E-state index in [0.29, 0.717) is 24.2 Å². The van der Waals surface area contributed by atoms with Crippen molar-refractivity contribution in [2.24, 2.45) is 5.73 Å². The standard InChI is InChI=1S/C12H17N3O3/c1-9-8-10(15(17)18)4-5-11(9)12(16)14(2)7-3-6-13/h4-5,8H,3,6-7,13H2,1-2H3. The van der Waals surface area contributed by atoms with E-state index in [9.17, 15) is 14.9 Å². The van der Waals surface area contributed by atoms with Crippen LogP contribution in [0.25, 0.3) is 0 Å². The smallest absolute Gasteiger partial charge is 0.269 e. The van der Waals surface area contributed by atoms with Crippen LogP contribution in [-0.4, -0.2) is 35.9 Å². The summed E-state index contributed by atoms with van der Waals surface area (Å²) in [4.78, 5) is 23.8. The van der Waals surface area contributed by atoms with Gasteiger partial charge in [0.15, 0.2) is 0 Å². The highest BCUT2D eigenvalue weighted by molar-refractivity contribution is 5.95. The molecule has 1 aromatic carbocycles. The number of carbonyl (C=O) groups is 1. The molecular weight excluding hydrogens is 234 g/mol. The third kappa shape index (κ3) is 3.27. The number of non-ortho nitro benzene ring substituents is 1. The molecule has 0 atom stereocenters. The Labute approximate surface area is 106 Å². The van der Waals surface area contributed by atoms with Crippen molar-refractivity contribution in [2.75, 3.05) is 20.1 Å². The minimum absolute atomic E-state index is 0.00587. The van der Waals surface area contributed by atoms with Gasteiger partial charge in [-0.3, -0.25) is 14.9 Å². The van der Waals surface area contributed by atoms with Crippen molar-refractivity contribution in [1.82, 2.24) is 4.90 Å². The molecule has 6 nitrogen and oxygen atoms in total. The molecule has 1 rings (SSSR count). The maximum Gasteiger partial charge on any atom is 0.269 e. The third-order valence-electron chi connectivity index (χ3n) is 2.70. The number of nitrogens with two attached hydrogens (primary N) is 1. The molecule has 0 bridgehead atoms. The Hall–Kier alpha value is -1.95. The van der Waals surface area contributed by atoms with Gasteiger partial charge in [-0.15, -0.1) is 0 Å². The molecule has 1 aromatic rings. The van der Waals surface area contributed by atoms with Crippen molar-refractivity contribution in [3.05, 3.63) is 39.4 Å². The molecule has 0 heterocycles. The van der Waals surface area contributed by atoms with Gasteiger partial charge in [-0.25, -0.2) is 0 Å². The fraction of sp³-hybridized carbons (Fsp3) is 0.417. The maximum absolute atomic E-state index is 12.1. The Morgan fingerprint density at radius 3 is 2.67 bits per heavy atom. The molecule has 0 saturated heterocycles. The number of hydrogen-bond donors (Lipinski definition) is 1. The first-order valence-corrected chi connectivity index (χ1v) is 5.68. The second-order valence-corrected chi connectivity index (χ2v) is 4.13. The van der Waals surface area contributed by atoms with Crippen LogP contribution in [0.3, 0.4) is 0 Å². The predicted molar refractivity (Wildman–Crippen MR) is 68.5 cm³/mol. The first-order chi connectivity index (χ1) is 8.47. The molecular formula is C12H17N3O3. The van der Waals surface area contributed by atoms with Crippen LogP contribution >= 0.6 is 0 Å². The van der Waals surface area contributed by atoms with Gasteiger partial charge in [0.2, 0.25) is 0 Å². The Bertz CT molecular complexity index is 460. The van der Waals surface area contributed by atoms with Gasteiger partial charge in [0.1, 0.15) is 0 Å². The van der Waals surface area contributed by atoms with E-state index in [1.54, 1.807) is 18.9 Å². The number of aryl methyl sites for hydroxylation is 1. The molecule has 1 amide bonds. The van der Waals surface area contributed by atoms with Crippen LogP contribution in [-0.2, 0) is 0 Å². The number of rotatable bonds is 5. The van der Waals surface area contributed by atoms with Crippen molar-refractivity contribution < 1.29 is 9.72 Å². The van der Waals surface area contributed by atoms with Crippen molar-refractivity contribution in [3.63, 3.8) is 0 Å². The number of carbonyl (C=O) groups excluding carboxylic acids is 1. The normalized spacial score (nSPS) is 10.2. The fourth-order valence-electron chi connectivity index (χ4n) is 1.64. The lowest BCUT2D eigenvalue weighted by Gasteiger charge is -2.17. The van der Waals surface area contributed by atoms with Gasteiger partial charge in [0.05, 0.1) is 4.92 Å². The van der Waals surface area contributed by atoms with E-state index < -0.39 is 4.92 Å². The first kappa shape index (κ1) is 14.1. The molecule has 0 radical (unpaired) electrons. The molecule has 0 aliphatic carbocycles. The van der Waals surface area contributed by atoms with E-state index in [1.165, 1.54) is 18.2 Å². The van der Waals surface area contributed by atoms with Crippen LogP contribution in [0.4, 0.5) is 5.69 Å². The monoisotopic (exact) mass is 251 g/mol. The quantitative estimate of drug-likeness (QED) is 0.631. The van der Waals surface area contributed by atoms with Crippen LogP contribution in [0.15, 0.2) is 18.2 Å². The first-order valence-electron chi connectivity index (χ1n) is 5.68. The highest BCUT2D eigenvalue weighted by Crippen LogP contribution is 2.18. The molecule has 0 aromatic heterocycles. The lowest BCUT2D eigenvalue weighted by Crippen LogP contribution is -2.29. The van der Waals surface area contributed by atoms with Gasteiger partial charge in [0, 0.05) is 31.3 Å². The molecule has 2 N–H and O–H groups in total. The van der Waals surface area contributed by atoms with Crippen LogP contribution in [0.2, 0.25) is 0 Å². The van der Waals surface area contributed by atoms with Crippen molar-refractivity contribution >= 4 is 11.6 Å². The molecule has 0 spiro atoms. The Balaban J connectivity index is 2.89. The minimum Gasteiger partial charge on any atom is -0.342 e. The van der Waals surface area contributed by atoms with Gasteiger partial charge < -0.3 is 10.6 Å². The number of nitro benzene ring substituents is 1. The third-order valence-corrected chi connectivity index (χ3v) is 2.70. The highest BCUT2D eigenvalue weighted by Gasteiger charge is 2.16. The Morgan fingerprint density at radius 1 is 1.50 bits per heavy atom. The van der Waals surface area contributed by atoms with Gasteiger partial charge in [-0.1, -0.05) is 0 Å². The topological polar surface area (TPSA) is 89.5 Å². The fourth-order valence-corrected chi connectivity index (χ4v) is 1.64. The lowest BCUT2D eigenvalue weighted by molar-refractivity contribution is -0.384. The van der Waals surface area contributed by atoms with Gasteiger partial charge in [-0.05, 0) is 31.5 Å². The summed E-state index contributed by atoms with van der Waals surface area (Å²) in [6.45, 7) is 2.79. The summed E-state index contributed by atoms with van der Waals surface area (Å²) in [5.74, 6) is -0.143. The molecule has 0 saturated carbocycles. The maximum atomic E-state index is 12.1. The van der Waals surface area contributed by atoms with Gasteiger partial charge >= 0.3 is 0 Å². The average molecular weight is 251 g/mol. The summed E-state index contributed by atoms with van der Waals surface area (Å²) in [5, 5.41) is 10.6. The van der Waals surface area contributed by atoms with Crippen molar-refractivity contribution in [1.29, 1.82) is 0 Å². The summed E-state index contributed by atoms with van der Waals surface area (Å²) in [5.41, 5.74) is 6.47. The second kappa shape index (κ2) is 6.11. The van der Waals surface area contributed by atoms with E-state index in [1.807, 2.05) is 0 Å². The van der Waals surface area contributed by atoms with Crippen molar-refractivity contribution in [2.45, 2.75) is 13.3 Å². The molecule has 18 heavy (non-hydrogen) atoms. The van der Waals surface area contributed by atoms with E-state index in [0.717, 1.165) is 6.42 Å². The summed E-state index contributed by atoms with van der Waals surface area (Å²) in [7, 11) is 1.69. The SMILES string of the molecule is Cc1cc([N+](=O)[O-])ccc1C(=O)N(C)CCCN. The predicted octanol–water partition coefficient (Wildman–Crippen LogP) is 1.32. The van der Waals surface area contributed by atoms with E-state index in [-0.39, 0.29) is 11.6 Å². The van der Waals surface area contributed by atoms with Crippen LogP contribution < -0.4 is 5.73 Å². The summed E-state index contributed by atoms with van der Waals surface area (Å²) in [6.07, 6.45) is 0.730. The van der Waals surface area contributed by atoms with Crippen LogP contribution in [0.1, 0.15) is 22.3 Å². The minimum atomic E-state index is -0.473. The Kier molecular flexibility index (Phi) is 4.79. The number of nitro groups is 1. The molecule has 6 heteroatoms. The van der Waals surface area contributed by atoms with E-state index in [4.69, 9.17) is 5.73 Å². The molecule has 98 valence electrons. The summed E-state index contributed by atoms with van der Waals surface area (Å²) >= 11 is 0. The number of hydrogen-bond acceptors (Lipinski definition) is 4. The van der Waals surface area contributed by atoms with E-state index in [2.05, 4.69) is 0 Å². The number of nitrogens with zero attached hydrogens (tertiary/aromatic N) is 2. The molecule has 0 aliphatic rings. The number of amides is 1. The van der Waals surface area contributed by atoms with Gasteiger partial charge in [-0.2, -0.15) is 0 Å². The molecule has 0 unspecified atom stereocenters. The average Bonchev–Trinajstić information content (AvgIpc) is 2.34. The largest absolute Gasteiger partial charge is 0.342 e. The molecule has 0 aliphatic heterocycles. The zero-order valence-corrected chi connectivity index (χ0v) is 10.5. The molecule has 0 fully saturated rings. The Morgan fingerprint density at radius 2 is 2.17 bits per heavy atom. The van der Waals surface area contributed by atoms with Crippen LogP contribution in [0, 0.1) is 17.0 Å². The summed E-state index contributed by atoms with van der Waals surface area (Å²) < 4.78 is 0.